The van der Waals surface area contributed by atoms with Crippen LogP contribution in [0.15, 0.2) is 24.3 Å². The van der Waals surface area contributed by atoms with Gasteiger partial charge in [0.2, 0.25) is 0 Å². The standard InChI is InChI=1S/C18H23NO6/c1-4-25-18(24)16(10(2)3)19-15(22)8-12(17(19)23)7-11-5-6-13(20)9-14(11)21/h5-6,8-10,16,20-23H,4,7H2,1-3H3. The second-order valence-electron chi connectivity index (χ2n) is 6.15. The minimum atomic E-state index is -0.873. The summed E-state index contributed by atoms with van der Waals surface area (Å²) >= 11 is 0. The van der Waals surface area contributed by atoms with Crippen LogP contribution in [0, 0.1) is 5.92 Å². The van der Waals surface area contributed by atoms with E-state index in [-0.39, 0.29) is 42.2 Å². The topological polar surface area (TPSA) is 112 Å². The first-order valence-corrected chi connectivity index (χ1v) is 8.05. The largest absolute Gasteiger partial charge is 0.508 e. The fraction of sp³-hybridized carbons (Fsp3) is 0.389. The van der Waals surface area contributed by atoms with Gasteiger partial charge in [-0.15, -0.1) is 0 Å². The van der Waals surface area contributed by atoms with E-state index in [9.17, 15) is 25.2 Å². The smallest absolute Gasteiger partial charge is 0.329 e. The molecule has 0 radical (unpaired) electrons. The molecule has 0 aliphatic carbocycles. The SMILES string of the molecule is CCOC(=O)C(C(C)C)n1c(O)cc(Cc2ccc(O)cc2O)c1O. The molecule has 7 nitrogen and oxygen atoms in total. The van der Waals surface area contributed by atoms with Crippen molar-refractivity contribution in [2.24, 2.45) is 5.92 Å². The lowest BCUT2D eigenvalue weighted by Gasteiger charge is -2.22. The van der Waals surface area contributed by atoms with E-state index in [1.54, 1.807) is 20.8 Å². The minimum absolute atomic E-state index is 0.0759. The first-order valence-electron chi connectivity index (χ1n) is 8.05. The van der Waals surface area contributed by atoms with Gasteiger partial charge >= 0.3 is 5.97 Å². The second-order valence-corrected chi connectivity index (χ2v) is 6.15. The molecule has 2 rings (SSSR count). The van der Waals surface area contributed by atoms with Crippen LogP contribution in [-0.2, 0) is 16.0 Å². The number of phenolic OH excluding ortho intramolecular Hbond substituents is 2. The van der Waals surface area contributed by atoms with Gasteiger partial charge in [-0.3, -0.25) is 4.57 Å². The highest BCUT2D eigenvalue weighted by molar-refractivity contribution is 5.75. The number of ether oxygens (including phenoxy) is 1. The van der Waals surface area contributed by atoms with E-state index in [2.05, 4.69) is 0 Å². The molecule has 7 heteroatoms. The number of nitrogens with zero attached hydrogens (tertiary/aromatic N) is 1. The van der Waals surface area contributed by atoms with Crippen LogP contribution in [0.4, 0.5) is 0 Å². The Bertz CT molecular complexity index is 765. The van der Waals surface area contributed by atoms with Crippen molar-refractivity contribution in [2.75, 3.05) is 6.61 Å². The molecular formula is C18H23NO6. The third kappa shape index (κ3) is 3.81. The Hall–Kier alpha value is -2.83. The van der Waals surface area contributed by atoms with Gasteiger partial charge in [-0.25, -0.2) is 4.79 Å². The fourth-order valence-electron chi connectivity index (χ4n) is 2.77. The van der Waals surface area contributed by atoms with Crippen LogP contribution >= 0.6 is 0 Å². The summed E-state index contributed by atoms with van der Waals surface area (Å²) in [4.78, 5) is 12.2. The van der Waals surface area contributed by atoms with Gasteiger partial charge in [0.1, 0.15) is 17.5 Å². The van der Waals surface area contributed by atoms with Crippen LogP contribution in [0.1, 0.15) is 37.9 Å². The summed E-state index contributed by atoms with van der Waals surface area (Å²) in [6, 6.07) is 4.60. The molecular weight excluding hydrogens is 326 g/mol. The molecule has 0 fully saturated rings. The Labute approximate surface area is 145 Å². The van der Waals surface area contributed by atoms with Crippen LogP contribution in [0.3, 0.4) is 0 Å². The van der Waals surface area contributed by atoms with Crippen molar-refractivity contribution < 1.29 is 30.0 Å². The Balaban J connectivity index is 2.41. The maximum absolute atomic E-state index is 12.2. The highest BCUT2D eigenvalue weighted by Crippen LogP contribution is 2.37. The van der Waals surface area contributed by atoms with Crippen LogP contribution in [0.5, 0.6) is 23.3 Å². The molecule has 2 aromatic rings. The number of hydrogen-bond donors (Lipinski definition) is 4. The highest BCUT2D eigenvalue weighted by Gasteiger charge is 2.31. The van der Waals surface area contributed by atoms with Gasteiger partial charge in [0.25, 0.3) is 0 Å². The van der Waals surface area contributed by atoms with Gasteiger partial charge in [0, 0.05) is 24.1 Å². The first-order chi connectivity index (χ1) is 11.8. The van der Waals surface area contributed by atoms with Crippen molar-refractivity contribution in [1.29, 1.82) is 0 Å². The van der Waals surface area contributed by atoms with E-state index in [0.29, 0.717) is 11.1 Å². The predicted octanol–water partition coefficient (Wildman–Crippen LogP) is 2.66. The Morgan fingerprint density at radius 3 is 2.36 bits per heavy atom. The lowest BCUT2D eigenvalue weighted by Crippen LogP contribution is -2.26. The fourth-order valence-corrected chi connectivity index (χ4v) is 2.77. The molecule has 25 heavy (non-hydrogen) atoms. The lowest BCUT2D eigenvalue weighted by atomic mass is 10.0. The lowest BCUT2D eigenvalue weighted by molar-refractivity contribution is -0.148. The van der Waals surface area contributed by atoms with Gasteiger partial charge in [0.05, 0.1) is 6.61 Å². The molecule has 0 saturated carbocycles. The molecule has 136 valence electrons. The van der Waals surface area contributed by atoms with Gasteiger partial charge in [-0.05, 0) is 24.5 Å². The number of benzene rings is 1. The number of hydrogen-bond acceptors (Lipinski definition) is 6. The number of aromatic nitrogens is 1. The van der Waals surface area contributed by atoms with Crippen molar-refractivity contribution in [2.45, 2.75) is 33.2 Å². The van der Waals surface area contributed by atoms with Crippen LogP contribution in [0.2, 0.25) is 0 Å². The molecule has 4 N–H and O–H groups in total. The van der Waals surface area contributed by atoms with Crippen molar-refractivity contribution in [1.82, 2.24) is 4.57 Å². The second kappa shape index (κ2) is 7.38. The number of aromatic hydroxyl groups is 4. The van der Waals surface area contributed by atoms with Crippen LogP contribution < -0.4 is 0 Å². The third-order valence-electron chi connectivity index (χ3n) is 3.95. The Kier molecular flexibility index (Phi) is 5.46. The van der Waals surface area contributed by atoms with Crippen molar-refractivity contribution in [3.05, 3.63) is 35.4 Å². The molecule has 0 amide bonds. The predicted molar refractivity (Wildman–Crippen MR) is 90.8 cm³/mol. The van der Waals surface area contributed by atoms with Gasteiger partial charge in [0.15, 0.2) is 11.8 Å². The number of rotatable bonds is 6. The number of carbonyl (C=O) groups excluding carboxylic acids is 1. The van der Waals surface area contributed by atoms with Gasteiger partial charge < -0.3 is 25.2 Å². The first kappa shape index (κ1) is 18.5. The summed E-state index contributed by atoms with van der Waals surface area (Å²) in [5.41, 5.74) is 0.802. The summed E-state index contributed by atoms with van der Waals surface area (Å²) in [5.74, 6) is -1.50. The van der Waals surface area contributed by atoms with E-state index >= 15 is 0 Å². The van der Waals surface area contributed by atoms with Gasteiger partial charge in [-0.2, -0.15) is 0 Å². The van der Waals surface area contributed by atoms with E-state index in [4.69, 9.17) is 4.74 Å². The van der Waals surface area contributed by atoms with Crippen molar-refractivity contribution in [3.8, 4) is 23.3 Å². The van der Waals surface area contributed by atoms with Crippen LogP contribution in [-0.4, -0.2) is 37.6 Å². The molecule has 1 unspecified atom stereocenters. The maximum atomic E-state index is 12.2. The summed E-state index contributed by atoms with van der Waals surface area (Å²) in [6.07, 6.45) is 0.117. The molecule has 0 aliphatic heterocycles. The van der Waals surface area contributed by atoms with E-state index in [0.717, 1.165) is 4.57 Å². The number of carbonyl (C=O) groups is 1. The third-order valence-corrected chi connectivity index (χ3v) is 3.95. The van der Waals surface area contributed by atoms with Crippen molar-refractivity contribution in [3.63, 3.8) is 0 Å². The summed E-state index contributed by atoms with van der Waals surface area (Å²) in [6.45, 7) is 5.45. The normalized spacial score (nSPS) is 12.3. The van der Waals surface area contributed by atoms with E-state index in [1.807, 2.05) is 0 Å². The van der Waals surface area contributed by atoms with Gasteiger partial charge in [-0.1, -0.05) is 19.9 Å². The van der Waals surface area contributed by atoms with E-state index < -0.39 is 12.0 Å². The molecule has 0 bridgehead atoms. The average molecular weight is 349 g/mol. The Morgan fingerprint density at radius 1 is 1.12 bits per heavy atom. The molecule has 1 aromatic carbocycles. The van der Waals surface area contributed by atoms with Crippen molar-refractivity contribution >= 4 is 5.97 Å². The molecule has 1 aromatic heterocycles. The average Bonchev–Trinajstić information content (AvgIpc) is 2.78. The highest BCUT2D eigenvalue weighted by atomic mass is 16.5. The molecule has 0 spiro atoms. The Morgan fingerprint density at radius 2 is 1.80 bits per heavy atom. The number of phenols is 2. The zero-order valence-corrected chi connectivity index (χ0v) is 14.4. The molecule has 0 saturated heterocycles. The minimum Gasteiger partial charge on any atom is -0.508 e. The van der Waals surface area contributed by atoms with E-state index in [1.165, 1.54) is 24.3 Å². The quantitative estimate of drug-likeness (QED) is 0.597. The molecule has 1 heterocycles. The number of esters is 1. The maximum Gasteiger partial charge on any atom is 0.329 e. The molecule has 0 aliphatic rings. The molecule has 1 atom stereocenters. The zero-order valence-electron chi connectivity index (χ0n) is 14.4. The monoisotopic (exact) mass is 349 g/mol. The summed E-state index contributed by atoms with van der Waals surface area (Å²) < 4.78 is 6.17. The summed E-state index contributed by atoms with van der Waals surface area (Å²) in [5, 5.41) is 40.0. The zero-order chi connectivity index (χ0) is 18.7. The summed E-state index contributed by atoms with van der Waals surface area (Å²) in [7, 11) is 0. The van der Waals surface area contributed by atoms with Crippen LogP contribution in [0.25, 0.3) is 0 Å².